The van der Waals surface area contributed by atoms with E-state index in [1.165, 1.54) is 5.56 Å². The largest absolute Gasteiger partial charge is 0.497 e. The van der Waals surface area contributed by atoms with Crippen LogP contribution in [0.1, 0.15) is 38.8 Å². The van der Waals surface area contributed by atoms with E-state index < -0.39 is 0 Å². The number of aromatic amines is 1. The fraction of sp³-hybridized carbons (Fsp3) is 0.154. The number of methoxy groups -OCH3 is 1. The molecule has 2 heterocycles. The third kappa shape index (κ3) is 3.45. The number of rotatable bonds is 5. The number of H-pyrrole nitrogens is 1. The van der Waals surface area contributed by atoms with E-state index in [4.69, 9.17) is 16.3 Å². The maximum Gasteiger partial charge on any atom is 0.273 e. The van der Waals surface area contributed by atoms with Gasteiger partial charge in [-0.15, -0.1) is 0 Å². The minimum absolute atomic E-state index is 0.0854. The molecule has 1 aliphatic heterocycles. The topological polar surface area (TPSA) is 58.2 Å². The smallest absolute Gasteiger partial charge is 0.273 e. The zero-order valence-electron chi connectivity index (χ0n) is 17.8. The van der Waals surface area contributed by atoms with E-state index in [9.17, 15) is 4.79 Å². The molecule has 0 saturated carbocycles. The third-order valence-corrected chi connectivity index (χ3v) is 6.24. The Kier molecular flexibility index (Phi) is 5.19. The molecule has 1 unspecified atom stereocenters. The van der Waals surface area contributed by atoms with Crippen LogP contribution in [0.3, 0.4) is 0 Å². The van der Waals surface area contributed by atoms with Gasteiger partial charge in [-0.05, 0) is 48.4 Å². The molecule has 3 aromatic carbocycles. The van der Waals surface area contributed by atoms with Crippen LogP contribution in [0.5, 0.6) is 5.75 Å². The summed E-state index contributed by atoms with van der Waals surface area (Å²) in [6.45, 7) is 2.52. The lowest BCUT2D eigenvalue weighted by Gasteiger charge is -2.27. The maximum absolute atomic E-state index is 13.5. The van der Waals surface area contributed by atoms with E-state index in [0.29, 0.717) is 17.3 Å². The lowest BCUT2D eigenvalue weighted by atomic mass is 9.95. The Balaban J connectivity index is 1.63. The highest BCUT2D eigenvalue weighted by Crippen LogP contribution is 2.45. The standard InChI is InChI=1S/C26H22ClN3O2/c1-16-7-9-17(10-8-16)15-30-25(20-5-3-4-6-21(20)27)22-23(28-29-24(22)26(30)31)18-11-13-19(32-2)14-12-18/h3-14,25H,15H2,1-2H3,(H,28,29). The van der Waals surface area contributed by atoms with Crippen molar-refractivity contribution in [2.45, 2.75) is 19.5 Å². The molecular formula is C26H22ClN3O2. The van der Waals surface area contributed by atoms with Crippen molar-refractivity contribution in [3.63, 3.8) is 0 Å². The average molecular weight is 444 g/mol. The zero-order chi connectivity index (χ0) is 22.2. The molecule has 1 N–H and O–H groups in total. The summed E-state index contributed by atoms with van der Waals surface area (Å²) >= 11 is 6.63. The fourth-order valence-corrected chi connectivity index (χ4v) is 4.48. The Labute approximate surface area is 191 Å². The number of aryl methyl sites for hydroxylation is 1. The molecular weight excluding hydrogens is 422 g/mol. The zero-order valence-corrected chi connectivity index (χ0v) is 18.6. The van der Waals surface area contributed by atoms with Crippen molar-refractivity contribution in [1.82, 2.24) is 15.1 Å². The number of halogens is 1. The molecule has 1 amide bonds. The Bertz CT molecular complexity index is 1280. The first-order chi connectivity index (χ1) is 15.6. The van der Waals surface area contributed by atoms with Crippen molar-refractivity contribution in [3.05, 3.63) is 106 Å². The van der Waals surface area contributed by atoms with E-state index in [1.54, 1.807) is 7.11 Å². The SMILES string of the molecule is COc1ccc(-c2n[nH]c3c2C(c2ccccc2Cl)N(Cc2ccc(C)cc2)C3=O)cc1. The second kappa shape index (κ2) is 8.17. The number of hydrogen-bond donors (Lipinski definition) is 1. The van der Waals surface area contributed by atoms with E-state index in [0.717, 1.165) is 33.7 Å². The van der Waals surface area contributed by atoms with Gasteiger partial charge in [0, 0.05) is 22.7 Å². The van der Waals surface area contributed by atoms with Gasteiger partial charge in [-0.25, -0.2) is 0 Å². The second-order valence-corrected chi connectivity index (χ2v) is 8.34. The summed E-state index contributed by atoms with van der Waals surface area (Å²) in [6, 6.07) is 23.2. The van der Waals surface area contributed by atoms with Crippen LogP contribution < -0.4 is 4.74 Å². The number of carbonyl (C=O) groups is 1. The van der Waals surface area contributed by atoms with Crippen molar-refractivity contribution in [3.8, 4) is 17.0 Å². The first-order valence-electron chi connectivity index (χ1n) is 10.4. The van der Waals surface area contributed by atoms with Crippen molar-refractivity contribution in [2.75, 3.05) is 7.11 Å². The van der Waals surface area contributed by atoms with E-state index in [2.05, 4.69) is 41.4 Å². The highest BCUT2D eigenvalue weighted by atomic mass is 35.5. The van der Waals surface area contributed by atoms with Gasteiger partial charge < -0.3 is 9.64 Å². The summed E-state index contributed by atoms with van der Waals surface area (Å²) in [5, 5.41) is 8.13. The Morgan fingerprint density at radius 3 is 2.44 bits per heavy atom. The quantitative estimate of drug-likeness (QED) is 0.424. The molecule has 0 fully saturated rings. The highest BCUT2D eigenvalue weighted by Gasteiger charge is 2.42. The van der Waals surface area contributed by atoms with Crippen molar-refractivity contribution >= 4 is 17.5 Å². The number of fused-ring (bicyclic) bond motifs is 1. The number of nitrogens with one attached hydrogen (secondary N) is 1. The molecule has 5 nitrogen and oxygen atoms in total. The highest BCUT2D eigenvalue weighted by molar-refractivity contribution is 6.31. The minimum Gasteiger partial charge on any atom is -0.497 e. The van der Waals surface area contributed by atoms with Crippen LogP contribution in [0.2, 0.25) is 5.02 Å². The maximum atomic E-state index is 13.5. The molecule has 32 heavy (non-hydrogen) atoms. The van der Waals surface area contributed by atoms with Crippen LogP contribution in [0.4, 0.5) is 0 Å². The van der Waals surface area contributed by atoms with Gasteiger partial charge >= 0.3 is 0 Å². The van der Waals surface area contributed by atoms with Crippen LogP contribution in [-0.4, -0.2) is 28.1 Å². The number of benzene rings is 3. The first kappa shape index (κ1) is 20.3. The van der Waals surface area contributed by atoms with Crippen molar-refractivity contribution in [2.24, 2.45) is 0 Å². The summed E-state index contributed by atoms with van der Waals surface area (Å²) in [5.41, 5.74) is 6.13. The predicted octanol–water partition coefficient (Wildman–Crippen LogP) is 5.79. The molecule has 0 saturated heterocycles. The Morgan fingerprint density at radius 2 is 1.75 bits per heavy atom. The first-order valence-corrected chi connectivity index (χ1v) is 10.8. The van der Waals surface area contributed by atoms with Crippen LogP contribution in [0.25, 0.3) is 11.3 Å². The molecule has 0 bridgehead atoms. The molecule has 0 aliphatic carbocycles. The number of carbonyl (C=O) groups excluding carboxylic acids is 1. The lowest BCUT2D eigenvalue weighted by molar-refractivity contribution is 0.0730. The number of ether oxygens (including phenoxy) is 1. The molecule has 160 valence electrons. The average Bonchev–Trinajstić information content (AvgIpc) is 3.35. The molecule has 1 aliphatic rings. The second-order valence-electron chi connectivity index (χ2n) is 7.93. The van der Waals surface area contributed by atoms with Crippen molar-refractivity contribution < 1.29 is 9.53 Å². The van der Waals surface area contributed by atoms with Gasteiger partial charge in [0.05, 0.1) is 18.8 Å². The fourth-order valence-electron chi connectivity index (χ4n) is 4.24. The number of hydrogen-bond acceptors (Lipinski definition) is 3. The monoisotopic (exact) mass is 443 g/mol. The Morgan fingerprint density at radius 1 is 1.03 bits per heavy atom. The molecule has 1 aromatic heterocycles. The minimum atomic E-state index is -0.344. The summed E-state index contributed by atoms with van der Waals surface area (Å²) in [7, 11) is 1.64. The predicted molar refractivity (Wildman–Crippen MR) is 125 cm³/mol. The van der Waals surface area contributed by atoms with Crippen LogP contribution in [0, 0.1) is 6.92 Å². The molecule has 6 heteroatoms. The molecule has 4 aromatic rings. The van der Waals surface area contributed by atoms with E-state index in [1.807, 2.05) is 53.4 Å². The third-order valence-electron chi connectivity index (χ3n) is 5.90. The van der Waals surface area contributed by atoms with Crippen LogP contribution in [-0.2, 0) is 6.54 Å². The number of nitrogens with zero attached hydrogens (tertiary/aromatic N) is 2. The van der Waals surface area contributed by atoms with Crippen molar-refractivity contribution in [1.29, 1.82) is 0 Å². The van der Waals surface area contributed by atoms with Gasteiger partial charge in [0.1, 0.15) is 11.4 Å². The molecule has 0 radical (unpaired) electrons. The van der Waals surface area contributed by atoms with Gasteiger partial charge in [0.2, 0.25) is 0 Å². The van der Waals surface area contributed by atoms with Crippen LogP contribution >= 0.6 is 11.6 Å². The van der Waals surface area contributed by atoms with E-state index >= 15 is 0 Å². The summed E-state index contributed by atoms with van der Waals surface area (Å²) in [6.07, 6.45) is 0. The molecule has 5 rings (SSSR count). The summed E-state index contributed by atoms with van der Waals surface area (Å²) in [5.74, 6) is 0.679. The number of amides is 1. The van der Waals surface area contributed by atoms with Gasteiger partial charge in [-0.3, -0.25) is 9.89 Å². The summed E-state index contributed by atoms with van der Waals surface area (Å²) in [4.78, 5) is 15.4. The van der Waals surface area contributed by atoms with Gasteiger partial charge in [0.25, 0.3) is 5.91 Å². The van der Waals surface area contributed by atoms with Gasteiger partial charge in [-0.1, -0.05) is 59.6 Å². The summed E-state index contributed by atoms with van der Waals surface area (Å²) < 4.78 is 5.29. The lowest BCUT2D eigenvalue weighted by Crippen LogP contribution is -2.29. The van der Waals surface area contributed by atoms with Gasteiger partial charge in [-0.2, -0.15) is 5.10 Å². The normalized spacial score (nSPS) is 15.2. The Hall–Kier alpha value is -3.57. The molecule has 1 atom stereocenters. The van der Waals surface area contributed by atoms with Crippen LogP contribution in [0.15, 0.2) is 72.8 Å². The molecule has 0 spiro atoms. The number of aromatic nitrogens is 2. The van der Waals surface area contributed by atoms with E-state index in [-0.39, 0.29) is 11.9 Å². The van der Waals surface area contributed by atoms with Gasteiger partial charge in [0.15, 0.2) is 0 Å².